The van der Waals surface area contributed by atoms with Crippen molar-refractivity contribution in [2.45, 2.75) is 19.9 Å². The van der Waals surface area contributed by atoms with Crippen LogP contribution in [-0.4, -0.2) is 22.6 Å². The smallest absolute Gasteiger partial charge is 0.253 e. The second-order valence-corrected chi connectivity index (χ2v) is 4.85. The minimum atomic E-state index is -0.584. The zero-order valence-electron chi connectivity index (χ0n) is 11.9. The van der Waals surface area contributed by atoms with Gasteiger partial charge in [-0.1, -0.05) is 12.1 Å². The lowest BCUT2D eigenvalue weighted by Crippen LogP contribution is -2.31. The van der Waals surface area contributed by atoms with Crippen molar-refractivity contribution in [2.24, 2.45) is 0 Å². The van der Waals surface area contributed by atoms with Crippen molar-refractivity contribution < 1.29 is 14.3 Å². The highest BCUT2D eigenvalue weighted by molar-refractivity contribution is 5.95. The molecule has 0 bridgehead atoms. The molecule has 0 aliphatic carbocycles. The Kier molecular flexibility index (Phi) is 4.65. The number of nitrogens with one attached hydrogen (secondary N) is 1. The molecule has 2 N–H and O–H groups in total. The van der Waals surface area contributed by atoms with Crippen LogP contribution in [0.4, 0.5) is 4.39 Å². The second kappa shape index (κ2) is 6.45. The summed E-state index contributed by atoms with van der Waals surface area (Å²) in [5.41, 5.74) is 2.57. The van der Waals surface area contributed by atoms with Gasteiger partial charge < -0.3 is 10.4 Å². The quantitative estimate of drug-likeness (QED) is 0.907. The molecule has 0 aliphatic rings. The van der Waals surface area contributed by atoms with Crippen molar-refractivity contribution in [3.8, 4) is 0 Å². The highest BCUT2D eigenvalue weighted by atomic mass is 19.1. The average Bonchev–Trinajstić information content (AvgIpc) is 2.45. The molecule has 1 amide bonds. The number of carbonyl (C=O) groups is 1. The number of nitrogens with zero attached hydrogens (tertiary/aromatic N) is 1. The summed E-state index contributed by atoms with van der Waals surface area (Å²) >= 11 is 0. The highest BCUT2D eigenvalue weighted by Crippen LogP contribution is 2.15. The predicted octanol–water partition coefficient (Wildman–Crippen LogP) is 2.30. The largest absolute Gasteiger partial charge is 0.394 e. The Hall–Kier alpha value is -2.27. The van der Waals surface area contributed by atoms with Crippen LogP contribution in [0, 0.1) is 19.7 Å². The fraction of sp³-hybridized carbons (Fsp3) is 0.250. The third-order valence-corrected chi connectivity index (χ3v) is 3.23. The number of aliphatic hydroxyl groups is 1. The van der Waals surface area contributed by atoms with Crippen LogP contribution in [0.1, 0.15) is 33.4 Å². The molecule has 1 unspecified atom stereocenters. The number of pyridine rings is 1. The van der Waals surface area contributed by atoms with Gasteiger partial charge in [0.25, 0.3) is 5.91 Å². The monoisotopic (exact) mass is 288 g/mol. The minimum absolute atomic E-state index is 0.268. The van der Waals surface area contributed by atoms with Crippen molar-refractivity contribution in [2.75, 3.05) is 6.61 Å². The molecule has 0 aliphatic heterocycles. The molecule has 110 valence electrons. The molecule has 1 atom stereocenters. The van der Waals surface area contributed by atoms with E-state index in [1.54, 1.807) is 19.1 Å². The molecule has 0 radical (unpaired) electrons. The van der Waals surface area contributed by atoms with Gasteiger partial charge in [0.2, 0.25) is 0 Å². The lowest BCUT2D eigenvalue weighted by atomic mass is 10.1. The van der Waals surface area contributed by atoms with Crippen LogP contribution in [0.15, 0.2) is 36.4 Å². The third-order valence-electron chi connectivity index (χ3n) is 3.23. The molecule has 2 aromatic rings. The van der Waals surface area contributed by atoms with Crippen LogP contribution >= 0.6 is 0 Å². The van der Waals surface area contributed by atoms with E-state index in [0.29, 0.717) is 16.8 Å². The van der Waals surface area contributed by atoms with E-state index in [0.717, 1.165) is 5.69 Å². The SMILES string of the molecule is Cc1ccc(C(=O)NC(CO)c2ccc(F)cc2)c(C)n1. The lowest BCUT2D eigenvalue weighted by molar-refractivity contribution is 0.0915. The number of aryl methyl sites for hydroxylation is 2. The number of halogens is 1. The summed E-state index contributed by atoms with van der Waals surface area (Å²) in [4.78, 5) is 16.5. The molecular formula is C16H17FN2O2. The van der Waals surface area contributed by atoms with Crippen molar-refractivity contribution in [3.05, 3.63) is 64.7 Å². The molecule has 0 spiro atoms. The van der Waals surface area contributed by atoms with Gasteiger partial charge in [-0.3, -0.25) is 9.78 Å². The fourth-order valence-corrected chi connectivity index (χ4v) is 2.09. The first-order valence-electron chi connectivity index (χ1n) is 6.62. The van der Waals surface area contributed by atoms with Crippen molar-refractivity contribution in [3.63, 3.8) is 0 Å². The Morgan fingerprint density at radius 1 is 1.24 bits per heavy atom. The normalized spacial score (nSPS) is 12.0. The van der Waals surface area contributed by atoms with Gasteiger partial charge in [-0.05, 0) is 43.7 Å². The molecule has 2 rings (SSSR count). The van der Waals surface area contributed by atoms with Crippen molar-refractivity contribution in [1.29, 1.82) is 0 Å². The molecular weight excluding hydrogens is 271 g/mol. The van der Waals surface area contributed by atoms with Crippen LogP contribution in [0.5, 0.6) is 0 Å². The van der Waals surface area contributed by atoms with Gasteiger partial charge in [0, 0.05) is 5.69 Å². The van der Waals surface area contributed by atoms with Gasteiger partial charge in [0.15, 0.2) is 0 Å². The number of hydrogen-bond donors (Lipinski definition) is 2. The fourth-order valence-electron chi connectivity index (χ4n) is 2.09. The summed E-state index contributed by atoms with van der Waals surface area (Å²) in [6.07, 6.45) is 0. The maximum atomic E-state index is 12.9. The van der Waals surface area contributed by atoms with Gasteiger partial charge in [-0.25, -0.2) is 4.39 Å². The van der Waals surface area contributed by atoms with Crippen LogP contribution in [0.3, 0.4) is 0 Å². The van der Waals surface area contributed by atoms with Crippen LogP contribution < -0.4 is 5.32 Å². The summed E-state index contributed by atoms with van der Waals surface area (Å²) in [5, 5.41) is 12.2. The molecule has 1 aromatic carbocycles. The van der Waals surface area contributed by atoms with E-state index in [9.17, 15) is 14.3 Å². The molecule has 0 saturated carbocycles. The van der Waals surface area contributed by atoms with Crippen LogP contribution in [0.25, 0.3) is 0 Å². The van der Waals surface area contributed by atoms with Crippen molar-refractivity contribution in [1.82, 2.24) is 10.3 Å². The summed E-state index contributed by atoms with van der Waals surface area (Å²) in [6.45, 7) is 3.34. The van der Waals surface area contributed by atoms with Gasteiger partial charge in [0.05, 0.1) is 23.9 Å². The first kappa shape index (κ1) is 15.1. The number of aromatic nitrogens is 1. The standard InChI is InChI=1S/C16H17FN2O2/c1-10-3-8-14(11(2)18-10)16(21)19-15(9-20)12-4-6-13(17)7-5-12/h3-8,15,20H,9H2,1-2H3,(H,19,21). The Balaban J connectivity index is 2.18. The van der Waals surface area contributed by atoms with E-state index in [1.807, 2.05) is 6.92 Å². The van der Waals surface area contributed by atoms with Gasteiger partial charge in [0.1, 0.15) is 5.82 Å². The lowest BCUT2D eigenvalue weighted by Gasteiger charge is -2.17. The van der Waals surface area contributed by atoms with E-state index in [-0.39, 0.29) is 18.3 Å². The van der Waals surface area contributed by atoms with Crippen LogP contribution in [0.2, 0.25) is 0 Å². The third kappa shape index (κ3) is 3.64. The highest BCUT2D eigenvalue weighted by Gasteiger charge is 2.17. The van der Waals surface area contributed by atoms with Crippen molar-refractivity contribution >= 4 is 5.91 Å². The number of rotatable bonds is 4. The molecule has 0 saturated heterocycles. The maximum Gasteiger partial charge on any atom is 0.253 e. The first-order chi connectivity index (χ1) is 10.0. The number of carbonyl (C=O) groups excluding carboxylic acids is 1. The van der Waals surface area contributed by atoms with Gasteiger partial charge >= 0.3 is 0 Å². The molecule has 5 heteroatoms. The van der Waals surface area contributed by atoms with E-state index in [4.69, 9.17) is 0 Å². The van der Waals surface area contributed by atoms with E-state index >= 15 is 0 Å². The minimum Gasteiger partial charge on any atom is -0.394 e. The second-order valence-electron chi connectivity index (χ2n) is 4.85. The number of hydrogen-bond acceptors (Lipinski definition) is 3. The number of benzene rings is 1. The topological polar surface area (TPSA) is 62.2 Å². The Bertz CT molecular complexity index is 641. The van der Waals surface area contributed by atoms with Crippen LogP contribution in [-0.2, 0) is 0 Å². The Morgan fingerprint density at radius 3 is 2.48 bits per heavy atom. The number of amides is 1. The Labute approximate surface area is 122 Å². The predicted molar refractivity (Wildman–Crippen MR) is 77.4 cm³/mol. The van der Waals surface area contributed by atoms with Gasteiger partial charge in [-0.2, -0.15) is 0 Å². The molecule has 21 heavy (non-hydrogen) atoms. The zero-order valence-corrected chi connectivity index (χ0v) is 11.9. The number of aliphatic hydroxyl groups excluding tert-OH is 1. The summed E-state index contributed by atoms with van der Waals surface area (Å²) < 4.78 is 12.9. The summed E-state index contributed by atoms with van der Waals surface area (Å²) in [6, 6.07) is 8.54. The average molecular weight is 288 g/mol. The molecule has 4 nitrogen and oxygen atoms in total. The van der Waals surface area contributed by atoms with Gasteiger partial charge in [-0.15, -0.1) is 0 Å². The maximum absolute atomic E-state index is 12.9. The molecule has 0 fully saturated rings. The Morgan fingerprint density at radius 2 is 1.90 bits per heavy atom. The summed E-state index contributed by atoms with van der Waals surface area (Å²) in [5.74, 6) is -0.677. The van der Waals surface area contributed by atoms with E-state index < -0.39 is 6.04 Å². The first-order valence-corrected chi connectivity index (χ1v) is 6.62. The zero-order chi connectivity index (χ0) is 15.4. The summed E-state index contributed by atoms with van der Waals surface area (Å²) in [7, 11) is 0. The molecule has 1 heterocycles. The van der Waals surface area contributed by atoms with E-state index in [2.05, 4.69) is 10.3 Å². The molecule has 1 aromatic heterocycles. The van der Waals surface area contributed by atoms with E-state index in [1.165, 1.54) is 24.3 Å².